The highest BCUT2D eigenvalue weighted by Gasteiger charge is 2.22. The number of hydrogen-bond donors (Lipinski definition) is 4. The summed E-state index contributed by atoms with van der Waals surface area (Å²) in [7, 11) is 0. The molecular formula is C31H45N7O2. The van der Waals surface area contributed by atoms with Crippen molar-refractivity contribution in [3.05, 3.63) is 71.8 Å². The molecule has 0 amide bonds. The highest BCUT2D eigenvalue weighted by Crippen LogP contribution is 2.28. The zero-order chi connectivity index (χ0) is 27.8. The number of benzene rings is 2. The second kappa shape index (κ2) is 16.7. The van der Waals surface area contributed by atoms with E-state index in [0.717, 1.165) is 19.4 Å². The average Bonchev–Trinajstić information content (AvgIpc) is 2.99. The molecule has 1 heterocycles. The summed E-state index contributed by atoms with van der Waals surface area (Å²) in [4.78, 5) is 14.1. The van der Waals surface area contributed by atoms with Crippen molar-refractivity contribution in [3.8, 4) is 0 Å². The minimum Gasteiger partial charge on any atom is -0.378 e. The van der Waals surface area contributed by atoms with Crippen LogP contribution in [-0.2, 0) is 9.47 Å². The monoisotopic (exact) mass is 547 g/mol. The van der Waals surface area contributed by atoms with Gasteiger partial charge >= 0.3 is 0 Å². The van der Waals surface area contributed by atoms with Crippen molar-refractivity contribution in [2.45, 2.75) is 51.0 Å². The number of aromatic nitrogens is 3. The highest BCUT2D eigenvalue weighted by molar-refractivity contribution is 5.43. The highest BCUT2D eigenvalue weighted by atomic mass is 16.5. The maximum Gasteiger partial charge on any atom is 0.229 e. The van der Waals surface area contributed by atoms with Crippen molar-refractivity contribution in [2.75, 3.05) is 62.0 Å². The molecule has 2 atom stereocenters. The SMILES string of the molecule is CC1CCCCC1Nc1nc(NCCOCCOCCN)nc(NCCC(c2ccccc2)c2ccccc2)n1. The third-order valence-electron chi connectivity index (χ3n) is 7.35. The predicted molar refractivity (Wildman–Crippen MR) is 162 cm³/mol. The number of anilines is 3. The Labute approximate surface area is 238 Å². The number of nitrogens with two attached hydrogens (primary N) is 1. The Morgan fingerprint density at radius 2 is 1.32 bits per heavy atom. The molecule has 40 heavy (non-hydrogen) atoms. The summed E-state index contributed by atoms with van der Waals surface area (Å²) in [6.07, 6.45) is 5.79. The summed E-state index contributed by atoms with van der Waals surface area (Å²) in [6.45, 7) is 6.28. The minimum absolute atomic E-state index is 0.279. The fourth-order valence-corrected chi connectivity index (χ4v) is 5.16. The van der Waals surface area contributed by atoms with Gasteiger partial charge in [0, 0.05) is 31.6 Å². The van der Waals surface area contributed by atoms with E-state index in [1.54, 1.807) is 0 Å². The predicted octanol–water partition coefficient (Wildman–Crippen LogP) is 4.90. The van der Waals surface area contributed by atoms with E-state index in [1.807, 2.05) is 0 Å². The van der Waals surface area contributed by atoms with Crippen molar-refractivity contribution in [1.82, 2.24) is 15.0 Å². The first-order valence-electron chi connectivity index (χ1n) is 14.7. The standard InChI is InChI=1S/C31H45N7O2/c1-24-10-8-9-15-28(24)35-31-37-29(36-30(38-31)34-19-21-40-23-22-39-20-17-32)33-18-16-27(25-11-4-2-5-12-25)26-13-6-3-7-14-26/h2-7,11-14,24,27-28H,8-10,15-23,32H2,1H3,(H3,33,34,35,36,37,38). The summed E-state index contributed by atoms with van der Waals surface area (Å²) in [5.41, 5.74) is 8.04. The summed E-state index contributed by atoms with van der Waals surface area (Å²) >= 11 is 0. The van der Waals surface area contributed by atoms with Gasteiger partial charge in [0.25, 0.3) is 0 Å². The van der Waals surface area contributed by atoms with Gasteiger partial charge in [-0.2, -0.15) is 15.0 Å². The van der Waals surface area contributed by atoms with Gasteiger partial charge in [0.15, 0.2) is 0 Å². The summed E-state index contributed by atoms with van der Waals surface area (Å²) in [6, 6.07) is 21.7. The molecule has 0 radical (unpaired) electrons. The van der Waals surface area contributed by atoms with Gasteiger partial charge in [-0.25, -0.2) is 0 Å². The second-order valence-electron chi connectivity index (χ2n) is 10.3. The minimum atomic E-state index is 0.279. The van der Waals surface area contributed by atoms with Crippen molar-refractivity contribution < 1.29 is 9.47 Å². The fraction of sp³-hybridized carbons (Fsp3) is 0.516. The van der Waals surface area contributed by atoms with E-state index in [0.29, 0.717) is 69.3 Å². The van der Waals surface area contributed by atoms with E-state index in [-0.39, 0.29) is 5.92 Å². The summed E-state index contributed by atoms with van der Waals surface area (Å²) in [5, 5.41) is 10.4. The molecule has 5 N–H and O–H groups in total. The lowest BCUT2D eigenvalue weighted by Gasteiger charge is -2.29. The van der Waals surface area contributed by atoms with Crippen LogP contribution in [0.25, 0.3) is 0 Å². The molecule has 1 aliphatic carbocycles. The van der Waals surface area contributed by atoms with Gasteiger partial charge in [-0.3, -0.25) is 0 Å². The van der Waals surface area contributed by atoms with Crippen LogP contribution >= 0.6 is 0 Å². The van der Waals surface area contributed by atoms with Crippen LogP contribution in [-0.4, -0.2) is 67.1 Å². The van der Waals surface area contributed by atoms with Crippen LogP contribution in [0.3, 0.4) is 0 Å². The van der Waals surface area contributed by atoms with Crippen molar-refractivity contribution in [3.63, 3.8) is 0 Å². The number of rotatable bonds is 17. The van der Waals surface area contributed by atoms with Crippen LogP contribution in [0.5, 0.6) is 0 Å². The first-order chi connectivity index (χ1) is 19.7. The largest absolute Gasteiger partial charge is 0.378 e. The van der Waals surface area contributed by atoms with E-state index >= 15 is 0 Å². The van der Waals surface area contributed by atoms with Crippen LogP contribution in [0, 0.1) is 5.92 Å². The van der Waals surface area contributed by atoms with Crippen LogP contribution in [0.2, 0.25) is 0 Å². The lowest BCUT2D eigenvalue weighted by Crippen LogP contribution is -2.31. The summed E-state index contributed by atoms with van der Waals surface area (Å²) in [5.74, 6) is 2.58. The van der Waals surface area contributed by atoms with Crippen molar-refractivity contribution in [1.29, 1.82) is 0 Å². The Bertz CT molecular complexity index is 1060. The maximum absolute atomic E-state index is 5.64. The Morgan fingerprint density at radius 1 is 0.750 bits per heavy atom. The van der Waals surface area contributed by atoms with Crippen LogP contribution in [0.1, 0.15) is 56.1 Å². The topological polar surface area (TPSA) is 119 Å². The smallest absolute Gasteiger partial charge is 0.229 e. The van der Waals surface area contributed by atoms with Gasteiger partial charge in [-0.05, 0) is 36.3 Å². The molecule has 2 aromatic carbocycles. The molecule has 3 aromatic rings. The number of nitrogens with one attached hydrogen (secondary N) is 3. The zero-order valence-electron chi connectivity index (χ0n) is 23.7. The van der Waals surface area contributed by atoms with Gasteiger partial charge in [0.1, 0.15) is 0 Å². The van der Waals surface area contributed by atoms with Crippen molar-refractivity contribution >= 4 is 17.8 Å². The molecule has 1 aromatic heterocycles. The molecule has 0 bridgehead atoms. The van der Waals surface area contributed by atoms with Gasteiger partial charge in [0.05, 0.1) is 26.4 Å². The molecule has 1 saturated carbocycles. The van der Waals surface area contributed by atoms with Crippen LogP contribution in [0.15, 0.2) is 60.7 Å². The average molecular weight is 548 g/mol. The molecular weight excluding hydrogens is 502 g/mol. The second-order valence-corrected chi connectivity index (χ2v) is 10.3. The molecule has 0 spiro atoms. The molecule has 4 rings (SSSR count). The quantitative estimate of drug-likeness (QED) is 0.175. The van der Waals surface area contributed by atoms with Crippen molar-refractivity contribution in [2.24, 2.45) is 11.7 Å². The molecule has 2 unspecified atom stereocenters. The number of ether oxygens (including phenoxy) is 2. The molecule has 1 aliphatic rings. The Balaban J connectivity index is 1.39. The van der Waals surface area contributed by atoms with E-state index in [1.165, 1.54) is 30.4 Å². The molecule has 0 aliphatic heterocycles. The van der Waals surface area contributed by atoms with E-state index in [9.17, 15) is 0 Å². The van der Waals surface area contributed by atoms with Crippen LogP contribution < -0.4 is 21.7 Å². The zero-order valence-corrected chi connectivity index (χ0v) is 23.7. The third-order valence-corrected chi connectivity index (χ3v) is 7.35. The lowest BCUT2D eigenvalue weighted by molar-refractivity contribution is 0.0547. The van der Waals surface area contributed by atoms with Gasteiger partial charge in [-0.15, -0.1) is 0 Å². The fourth-order valence-electron chi connectivity index (χ4n) is 5.16. The van der Waals surface area contributed by atoms with E-state index < -0.39 is 0 Å². The van der Waals surface area contributed by atoms with E-state index in [4.69, 9.17) is 20.2 Å². The molecule has 0 saturated heterocycles. The Kier molecular flexibility index (Phi) is 12.4. The maximum atomic E-state index is 5.64. The normalized spacial score (nSPS) is 17.1. The molecule has 9 heteroatoms. The third kappa shape index (κ3) is 9.73. The molecule has 1 fully saturated rings. The first kappa shape index (κ1) is 29.7. The van der Waals surface area contributed by atoms with Gasteiger partial charge < -0.3 is 31.2 Å². The number of nitrogens with zero attached hydrogens (tertiary/aromatic N) is 3. The molecule has 216 valence electrons. The lowest BCUT2D eigenvalue weighted by atomic mass is 9.86. The van der Waals surface area contributed by atoms with Gasteiger partial charge in [-0.1, -0.05) is 80.4 Å². The first-order valence-corrected chi connectivity index (χ1v) is 14.7. The van der Waals surface area contributed by atoms with Crippen LogP contribution in [0.4, 0.5) is 17.8 Å². The summed E-state index contributed by atoms with van der Waals surface area (Å²) < 4.78 is 11.0. The molecule has 9 nitrogen and oxygen atoms in total. The Morgan fingerprint density at radius 3 is 1.95 bits per heavy atom. The van der Waals surface area contributed by atoms with Gasteiger partial charge in [0.2, 0.25) is 17.8 Å². The number of hydrogen-bond acceptors (Lipinski definition) is 9. The Hall–Kier alpha value is -3.27. The van der Waals surface area contributed by atoms with E-state index in [2.05, 4.69) is 93.5 Å².